The van der Waals surface area contributed by atoms with Gasteiger partial charge in [0.25, 0.3) is 0 Å². The molecular formula is C11H10BrFN4O. The fourth-order valence-corrected chi connectivity index (χ4v) is 1.57. The lowest BCUT2D eigenvalue weighted by molar-refractivity contribution is 0.455. The number of ether oxygens (including phenoxy) is 1. The van der Waals surface area contributed by atoms with Crippen LogP contribution >= 0.6 is 15.9 Å². The van der Waals surface area contributed by atoms with E-state index in [0.29, 0.717) is 21.9 Å². The van der Waals surface area contributed by atoms with E-state index in [2.05, 4.69) is 31.3 Å². The van der Waals surface area contributed by atoms with E-state index in [4.69, 9.17) is 10.6 Å². The van der Waals surface area contributed by atoms with Crippen molar-refractivity contribution in [3.8, 4) is 11.6 Å². The smallest absolute Gasteiger partial charge is 0.224 e. The van der Waals surface area contributed by atoms with Crippen LogP contribution in [0.1, 0.15) is 5.82 Å². The van der Waals surface area contributed by atoms with E-state index in [0.717, 1.165) is 0 Å². The fourth-order valence-electron chi connectivity index (χ4n) is 1.33. The van der Waals surface area contributed by atoms with Gasteiger partial charge in [0.15, 0.2) is 0 Å². The highest BCUT2D eigenvalue weighted by molar-refractivity contribution is 9.10. The van der Waals surface area contributed by atoms with Gasteiger partial charge in [-0.25, -0.2) is 15.2 Å². The highest BCUT2D eigenvalue weighted by Gasteiger charge is 2.06. The van der Waals surface area contributed by atoms with Gasteiger partial charge in [-0.1, -0.05) is 0 Å². The van der Waals surface area contributed by atoms with Gasteiger partial charge in [-0.2, -0.15) is 4.98 Å². The van der Waals surface area contributed by atoms with E-state index < -0.39 is 5.82 Å². The van der Waals surface area contributed by atoms with E-state index >= 15 is 0 Å². The molecular weight excluding hydrogens is 303 g/mol. The number of rotatable bonds is 3. The molecule has 94 valence electrons. The Hall–Kier alpha value is -1.73. The van der Waals surface area contributed by atoms with Crippen LogP contribution in [0.2, 0.25) is 0 Å². The van der Waals surface area contributed by atoms with Crippen molar-refractivity contribution in [1.82, 2.24) is 9.97 Å². The van der Waals surface area contributed by atoms with Crippen molar-refractivity contribution in [3.05, 3.63) is 40.4 Å². The number of halogens is 2. The Morgan fingerprint density at radius 3 is 2.78 bits per heavy atom. The molecule has 0 amide bonds. The van der Waals surface area contributed by atoms with Crippen molar-refractivity contribution >= 4 is 21.7 Å². The van der Waals surface area contributed by atoms with Crippen molar-refractivity contribution in [2.75, 3.05) is 5.43 Å². The second-order valence-corrected chi connectivity index (χ2v) is 4.32. The summed E-state index contributed by atoms with van der Waals surface area (Å²) in [4.78, 5) is 8.08. The Morgan fingerprint density at radius 2 is 2.11 bits per heavy atom. The quantitative estimate of drug-likeness (QED) is 0.673. The first-order chi connectivity index (χ1) is 8.58. The predicted octanol–water partition coefficient (Wildman–Crippen LogP) is 2.76. The van der Waals surface area contributed by atoms with Gasteiger partial charge in [0.2, 0.25) is 5.88 Å². The molecule has 5 nitrogen and oxygen atoms in total. The average molecular weight is 313 g/mol. The zero-order chi connectivity index (χ0) is 13.1. The molecule has 7 heteroatoms. The number of anilines is 1. The average Bonchev–Trinajstić information content (AvgIpc) is 2.33. The van der Waals surface area contributed by atoms with E-state index in [1.807, 2.05) is 0 Å². The number of nitrogen functional groups attached to an aromatic ring is 1. The van der Waals surface area contributed by atoms with Crippen LogP contribution in [-0.4, -0.2) is 9.97 Å². The summed E-state index contributed by atoms with van der Waals surface area (Å²) in [6, 6.07) is 5.96. The number of benzene rings is 1. The largest absolute Gasteiger partial charge is 0.439 e. The zero-order valence-corrected chi connectivity index (χ0v) is 11.0. The minimum absolute atomic E-state index is 0.289. The zero-order valence-electron chi connectivity index (χ0n) is 9.45. The maximum Gasteiger partial charge on any atom is 0.224 e. The molecule has 0 saturated carbocycles. The molecule has 0 spiro atoms. The lowest BCUT2D eigenvalue weighted by Gasteiger charge is -2.07. The summed E-state index contributed by atoms with van der Waals surface area (Å²) in [7, 11) is 0. The van der Waals surface area contributed by atoms with Gasteiger partial charge in [-0.15, -0.1) is 0 Å². The Labute approximate surface area is 111 Å². The summed E-state index contributed by atoms with van der Waals surface area (Å²) < 4.78 is 19.1. The Kier molecular flexibility index (Phi) is 3.73. The molecule has 3 N–H and O–H groups in total. The van der Waals surface area contributed by atoms with Gasteiger partial charge in [-0.05, 0) is 35.0 Å². The lowest BCUT2D eigenvalue weighted by Crippen LogP contribution is -2.09. The highest BCUT2D eigenvalue weighted by Crippen LogP contribution is 2.25. The molecule has 1 heterocycles. The molecule has 2 aromatic rings. The Balaban J connectivity index is 2.27. The summed E-state index contributed by atoms with van der Waals surface area (Å²) in [5.41, 5.74) is 2.40. The van der Waals surface area contributed by atoms with Crippen LogP contribution in [0.15, 0.2) is 28.7 Å². The van der Waals surface area contributed by atoms with Crippen LogP contribution in [0.3, 0.4) is 0 Å². The second kappa shape index (κ2) is 5.28. The van der Waals surface area contributed by atoms with E-state index in [-0.39, 0.29) is 5.88 Å². The van der Waals surface area contributed by atoms with Crippen LogP contribution in [0, 0.1) is 12.7 Å². The first-order valence-corrected chi connectivity index (χ1v) is 5.83. The molecule has 0 unspecified atom stereocenters. The van der Waals surface area contributed by atoms with E-state index in [1.165, 1.54) is 12.1 Å². The van der Waals surface area contributed by atoms with E-state index in [9.17, 15) is 4.39 Å². The van der Waals surface area contributed by atoms with Gasteiger partial charge in [-0.3, -0.25) is 0 Å². The maximum absolute atomic E-state index is 13.3. The number of nitrogens with two attached hydrogens (primary N) is 1. The molecule has 0 aliphatic heterocycles. The van der Waals surface area contributed by atoms with E-state index in [1.54, 1.807) is 19.1 Å². The summed E-state index contributed by atoms with van der Waals surface area (Å²) >= 11 is 3.07. The number of nitrogens with one attached hydrogen (secondary N) is 1. The number of aryl methyl sites for hydroxylation is 1. The minimum atomic E-state index is -0.407. The highest BCUT2D eigenvalue weighted by atomic mass is 79.9. The fraction of sp³-hybridized carbons (Fsp3) is 0.0909. The normalized spacial score (nSPS) is 10.2. The first kappa shape index (κ1) is 12.7. The van der Waals surface area contributed by atoms with Crippen LogP contribution in [-0.2, 0) is 0 Å². The molecule has 0 aliphatic rings. The number of hydrazine groups is 1. The van der Waals surface area contributed by atoms with Gasteiger partial charge < -0.3 is 10.2 Å². The monoisotopic (exact) mass is 312 g/mol. The third-order valence-electron chi connectivity index (χ3n) is 2.08. The van der Waals surface area contributed by atoms with Crippen molar-refractivity contribution in [3.63, 3.8) is 0 Å². The van der Waals surface area contributed by atoms with Gasteiger partial charge >= 0.3 is 0 Å². The summed E-state index contributed by atoms with van der Waals surface area (Å²) in [6.07, 6.45) is 0. The summed E-state index contributed by atoms with van der Waals surface area (Å²) in [6.45, 7) is 1.70. The summed E-state index contributed by atoms with van der Waals surface area (Å²) in [5.74, 6) is 6.41. The van der Waals surface area contributed by atoms with Crippen molar-refractivity contribution < 1.29 is 9.13 Å². The van der Waals surface area contributed by atoms with Crippen molar-refractivity contribution in [2.24, 2.45) is 5.84 Å². The predicted molar refractivity (Wildman–Crippen MR) is 68.8 cm³/mol. The maximum atomic E-state index is 13.3. The molecule has 0 radical (unpaired) electrons. The molecule has 0 bridgehead atoms. The molecule has 2 rings (SSSR count). The summed E-state index contributed by atoms with van der Waals surface area (Å²) in [5, 5.41) is 0. The second-order valence-electron chi connectivity index (χ2n) is 3.46. The molecule has 18 heavy (non-hydrogen) atoms. The van der Waals surface area contributed by atoms with Crippen molar-refractivity contribution in [1.29, 1.82) is 0 Å². The number of hydrogen-bond acceptors (Lipinski definition) is 5. The standard InChI is InChI=1S/C11H10BrFN4O/c1-6-15-10(17-14)5-11(16-6)18-7-2-3-8(12)9(13)4-7/h2-5H,14H2,1H3,(H,15,16,17). The number of hydrogen-bond donors (Lipinski definition) is 2. The van der Waals surface area contributed by atoms with Crippen LogP contribution in [0.5, 0.6) is 11.6 Å². The molecule has 0 saturated heterocycles. The third kappa shape index (κ3) is 2.93. The third-order valence-corrected chi connectivity index (χ3v) is 2.72. The van der Waals surface area contributed by atoms with Crippen LogP contribution in [0.4, 0.5) is 10.2 Å². The SMILES string of the molecule is Cc1nc(NN)cc(Oc2ccc(Br)c(F)c2)n1. The first-order valence-electron chi connectivity index (χ1n) is 5.03. The molecule has 0 aliphatic carbocycles. The Morgan fingerprint density at radius 1 is 1.33 bits per heavy atom. The van der Waals surface area contributed by atoms with Gasteiger partial charge in [0.05, 0.1) is 4.47 Å². The van der Waals surface area contributed by atoms with Crippen LogP contribution < -0.4 is 16.0 Å². The topological polar surface area (TPSA) is 73.1 Å². The van der Waals surface area contributed by atoms with Gasteiger partial charge in [0, 0.05) is 12.1 Å². The lowest BCUT2D eigenvalue weighted by atomic mass is 10.3. The number of aromatic nitrogens is 2. The Bertz CT molecular complexity index is 579. The minimum Gasteiger partial charge on any atom is -0.439 e. The molecule has 1 aromatic heterocycles. The molecule has 1 aromatic carbocycles. The van der Waals surface area contributed by atoms with Crippen molar-refractivity contribution in [2.45, 2.75) is 6.92 Å². The van der Waals surface area contributed by atoms with Gasteiger partial charge in [0.1, 0.15) is 23.2 Å². The molecule has 0 atom stereocenters. The molecule has 0 fully saturated rings. The van der Waals surface area contributed by atoms with Crippen LogP contribution in [0.25, 0.3) is 0 Å². The number of nitrogens with zero attached hydrogens (tertiary/aromatic N) is 2.